The summed E-state index contributed by atoms with van der Waals surface area (Å²) < 4.78 is 0. The van der Waals surface area contributed by atoms with Crippen molar-refractivity contribution in [3.05, 3.63) is 46.5 Å². The molecule has 94 valence electrons. The first-order valence-corrected chi connectivity index (χ1v) is 5.68. The molecule has 0 fully saturated rings. The van der Waals surface area contributed by atoms with Gasteiger partial charge in [0.15, 0.2) is 0 Å². The standard InChI is InChI=1S/C13H15N3O2/c1-3-7-15(8-4-2)12-6-5-11(10-14)13(9-12)16(17)18/h3,5-6,9H,1,4,7-8H2,2H3. The van der Waals surface area contributed by atoms with Gasteiger partial charge in [-0.15, -0.1) is 6.58 Å². The zero-order chi connectivity index (χ0) is 13.5. The topological polar surface area (TPSA) is 70.2 Å². The Kier molecular flexibility index (Phi) is 4.88. The average Bonchev–Trinajstić information content (AvgIpc) is 2.37. The number of nitrogens with zero attached hydrogens (tertiary/aromatic N) is 3. The van der Waals surface area contributed by atoms with E-state index < -0.39 is 4.92 Å². The number of hydrogen-bond acceptors (Lipinski definition) is 4. The number of nitro benzene ring substituents is 1. The Hall–Kier alpha value is -2.35. The fraction of sp³-hybridized carbons (Fsp3) is 0.308. The summed E-state index contributed by atoms with van der Waals surface area (Å²) in [5.41, 5.74) is 0.668. The van der Waals surface area contributed by atoms with Gasteiger partial charge in [-0.1, -0.05) is 13.0 Å². The van der Waals surface area contributed by atoms with Crippen LogP contribution in [0.25, 0.3) is 0 Å². The average molecular weight is 245 g/mol. The van der Waals surface area contributed by atoms with Gasteiger partial charge < -0.3 is 4.90 Å². The van der Waals surface area contributed by atoms with E-state index in [0.29, 0.717) is 6.54 Å². The predicted molar refractivity (Wildman–Crippen MR) is 70.5 cm³/mol. The maximum absolute atomic E-state index is 10.9. The van der Waals surface area contributed by atoms with Crippen molar-refractivity contribution >= 4 is 11.4 Å². The number of nitro groups is 1. The van der Waals surface area contributed by atoms with Gasteiger partial charge >= 0.3 is 0 Å². The Morgan fingerprint density at radius 3 is 2.83 bits per heavy atom. The highest BCUT2D eigenvalue weighted by Crippen LogP contribution is 2.25. The number of anilines is 1. The summed E-state index contributed by atoms with van der Waals surface area (Å²) in [4.78, 5) is 12.3. The molecule has 0 aliphatic heterocycles. The zero-order valence-corrected chi connectivity index (χ0v) is 10.3. The maximum Gasteiger partial charge on any atom is 0.289 e. The molecule has 0 saturated carbocycles. The van der Waals surface area contributed by atoms with Crippen molar-refractivity contribution in [2.75, 3.05) is 18.0 Å². The van der Waals surface area contributed by atoms with Crippen molar-refractivity contribution < 1.29 is 4.92 Å². The van der Waals surface area contributed by atoms with Crippen LogP contribution in [0.3, 0.4) is 0 Å². The normalized spacial score (nSPS) is 9.56. The fourth-order valence-electron chi connectivity index (χ4n) is 1.71. The van der Waals surface area contributed by atoms with Crippen LogP contribution in [0.4, 0.5) is 11.4 Å². The van der Waals surface area contributed by atoms with Gasteiger partial charge in [-0.05, 0) is 18.6 Å². The monoisotopic (exact) mass is 245 g/mol. The first-order valence-electron chi connectivity index (χ1n) is 5.68. The van der Waals surface area contributed by atoms with Crippen LogP contribution in [0.5, 0.6) is 0 Å². The lowest BCUT2D eigenvalue weighted by Gasteiger charge is -2.22. The lowest BCUT2D eigenvalue weighted by atomic mass is 10.1. The van der Waals surface area contributed by atoms with E-state index in [1.807, 2.05) is 17.9 Å². The van der Waals surface area contributed by atoms with Crippen LogP contribution in [0.1, 0.15) is 18.9 Å². The van der Waals surface area contributed by atoms with Crippen molar-refractivity contribution in [1.29, 1.82) is 5.26 Å². The SMILES string of the molecule is C=CCN(CCC)c1ccc(C#N)c([N+](=O)[O-])c1. The lowest BCUT2D eigenvalue weighted by molar-refractivity contribution is -0.385. The molecule has 0 aliphatic carbocycles. The van der Waals surface area contributed by atoms with Crippen LogP contribution in [0.2, 0.25) is 0 Å². The molecule has 0 radical (unpaired) electrons. The molecule has 0 heterocycles. The summed E-state index contributed by atoms with van der Waals surface area (Å²) in [6.45, 7) is 7.12. The summed E-state index contributed by atoms with van der Waals surface area (Å²) in [6, 6.07) is 6.48. The molecule has 0 bridgehead atoms. The van der Waals surface area contributed by atoms with Crippen LogP contribution < -0.4 is 4.90 Å². The van der Waals surface area contributed by atoms with E-state index in [2.05, 4.69) is 6.58 Å². The third kappa shape index (κ3) is 3.08. The smallest absolute Gasteiger partial charge is 0.289 e. The summed E-state index contributed by atoms with van der Waals surface area (Å²) in [6.07, 6.45) is 2.68. The molecule has 0 unspecified atom stereocenters. The Bertz CT molecular complexity index is 491. The van der Waals surface area contributed by atoms with Gasteiger partial charge in [-0.2, -0.15) is 5.26 Å². The van der Waals surface area contributed by atoms with E-state index in [1.165, 1.54) is 12.1 Å². The van der Waals surface area contributed by atoms with Gasteiger partial charge in [-0.25, -0.2) is 0 Å². The van der Waals surface area contributed by atoms with E-state index in [1.54, 1.807) is 12.1 Å². The molecule has 0 saturated heterocycles. The van der Waals surface area contributed by atoms with Crippen LogP contribution >= 0.6 is 0 Å². The first-order chi connectivity index (χ1) is 8.63. The highest BCUT2D eigenvalue weighted by atomic mass is 16.6. The highest BCUT2D eigenvalue weighted by Gasteiger charge is 2.16. The number of benzene rings is 1. The summed E-state index contributed by atoms with van der Waals surface area (Å²) in [5, 5.41) is 19.7. The molecule has 0 aromatic heterocycles. The van der Waals surface area contributed by atoms with Gasteiger partial charge in [-0.3, -0.25) is 10.1 Å². The molecule has 1 aromatic carbocycles. The van der Waals surface area contributed by atoms with E-state index in [4.69, 9.17) is 5.26 Å². The van der Waals surface area contributed by atoms with Crippen LogP contribution in [0.15, 0.2) is 30.9 Å². The summed E-state index contributed by atoms with van der Waals surface area (Å²) >= 11 is 0. The minimum atomic E-state index is -0.528. The highest BCUT2D eigenvalue weighted by molar-refractivity contribution is 5.60. The molecular weight excluding hydrogens is 230 g/mol. The van der Waals surface area contributed by atoms with Gasteiger partial charge in [0.1, 0.15) is 11.6 Å². The Morgan fingerprint density at radius 2 is 2.33 bits per heavy atom. The van der Waals surface area contributed by atoms with E-state index in [0.717, 1.165) is 18.7 Å². The fourth-order valence-corrected chi connectivity index (χ4v) is 1.71. The predicted octanol–water partition coefficient (Wildman–Crippen LogP) is 2.87. The molecule has 0 aliphatic rings. The third-order valence-corrected chi connectivity index (χ3v) is 2.51. The van der Waals surface area contributed by atoms with Crippen molar-refractivity contribution in [1.82, 2.24) is 0 Å². The number of rotatable bonds is 6. The van der Waals surface area contributed by atoms with Gasteiger partial charge in [0.2, 0.25) is 0 Å². The molecule has 0 N–H and O–H groups in total. The molecule has 5 nitrogen and oxygen atoms in total. The largest absolute Gasteiger partial charge is 0.368 e. The Balaban J connectivity index is 3.17. The quantitative estimate of drug-likeness (QED) is 0.439. The molecule has 0 spiro atoms. The Labute approximate surface area is 106 Å². The van der Waals surface area contributed by atoms with E-state index >= 15 is 0 Å². The van der Waals surface area contributed by atoms with E-state index in [-0.39, 0.29) is 11.3 Å². The molecule has 5 heteroatoms. The Morgan fingerprint density at radius 1 is 1.61 bits per heavy atom. The second kappa shape index (κ2) is 6.40. The van der Waals surface area contributed by atoms with Crippen molar-refractivity contribution in [2.45, 2.75) is 13.3 Å². The molecule has 0 atom stereocenters. The van der Waals surface area contributed by atoms with Gasteiger partial charge in [0.05, 0.1) is 4.92 Å². The summed E-state index contributed by atoms with van der Waals surface area (Å²) in [7, 11) is 0. The third-order valence-electron chi connectivity index (χ3n) is 2.51. The zero-order valence-electron chi connectivity index (χ0n) is 10.3. The van der Waals surface area contributed by atoms with E-state index in [9.17, 15) is 10.1 Å². The first kappa shape index (κ1) is 13.7. The summed E-state index contributed by atoms with van der Waals surface area (Å²) in [5.74, 6) is 0. The molecule has 0 amide bonds. The van der Waals surface area contributed by atoms with Gasteiger partial charge in [0, 0.05) is 24.8 Å². The van der Waals surface area contributed by atoms with Crippen LogP contribution in [-0.4, -0.2) is 18.0 Å². The van der Waals surface area contributed by atoms with Crippen LogP contribution in [0, 0.1) is 21.4 Å². The number of nitriles is 1. The second-order valence-electron chi connectivity index (χ2n) is 3.81. The molecular formula is C13H15N3O2. The van der Waals surface area contributed by atoms with Crippen molar-refractivity contribution in [3.8, 4) is 6.07 Å². The van der Waals surface area contributed by atoms with Crippen LogP contribution in [-0.2, 0) is 0 Å². The molecule has 1 rings (SSSR count). The van der Waals surface area contributed by atoms with Gasteiger partial charge in [0.25, 0.3) is 5.69 Å². The molecule has 1 aromatic rings. The number of hydrogen-bond donors (Lipinski definition) is 0. The minimum Gasteiger partial charge on any atom is -0.368 e. The second-order valence-corrected chi connectivity index (χ2v) is 3.81. The lowest BCUT2D eigenvalue weighted by Crippen LogP contribution is -2.24. The maximum atomic E-state index is 10.9. The van der Waals surface area contributed by atoms with Crippen molar-refractivity contribution in [3.63, 3.8) is 0 Å². The molecule has 18 heavy (non-hydrogen) atoms. The minimum absolute atomic E-state index is 0.0822. The van der Waals surface area contributed by atoms with Crippen molar-refractivity contribution in [2.24, 2.45) is 0 Å².